The van der Waals surface area contributed by atoms with Crippen molar-refractivity contribution in [2.45, 2.75) is 19.9 Å². The Bertz CT molecular complexity index is 714. The molecule has 0 aliphatic carbocycles. The van der Waals surface area contributed by atoms with Crippen LogP contribution in [-0.2, 0) is 14.3 Å². The van der Waals surface area contributed by atoms with Gasteiger partial charge in [-0.3, -0.25) is 4.79 Å². The summed E-state index contributed by atoms with van der Waals surface area (Å²) < 4.78 is 24.6. The number of ether oxygens (including phenoxy) is 2. The van der Waals surface area contributed by atoms with Gasteiger partial charge in [-0.1, -0.05) is 40.9 Å². The van der Waals surface area contributed by atoms with Crippen LogP contribution in [0.15, 0.2) is 42.5 Å². The average Bonchev–Trinajstić information content (AvgIpc) is 2.61. The van der Waals surface area contributed by atoms with Crippen LogP contribution in [-0.4, -0.2) is 42.9 Å². The van der Waals surface area contributed by atoms with Crippen LogP contribution in [0.25, 0.3) is 10.8 Å². The smallest absolute Gasteiger partial charge is 0.334 e. The molecule has 1 unspecified atom stereocenters. The van der Waals surface area contributed by atoms with Crippen molar-refractivity contribution in [1.82, 2.24) is 5.12 Å². The summed E-state index contributed by atoms with van der Waals surface area (Å²) in [6.07, 6.45) is 0. The van der Waals surface area contributed by atoms with Gasteiger partial charge in [-0.2, -0.15) is 5.12 Å². The molecule has 24 heavy (non-hydrogen) atoms. The molecule has 1 atom stereocenters. The van der Waals surface area contributed by atoms with E-state index in [-0.39, 0.29) is 23.9 Å². The molecule has 2 aromatic carbocycles. The number of nitrogens with zero attached hydrogens (tertiary/aromatic N) is 1. The van der Waals surface area contributed by atoms with Crippen molar-refractivity contribution in [2.24, 2.45) is 0 Å². The summed E-state index contributed by atoms with van der Waals surface area (Å²) in [6.45, 7) is 3.47. The second-order valence-corrected chi connectivity index (χ2v) is 5.07. The van der Waals surface area contributed by atoms with Crippen molar-refractivity contribution in [3.8, 4) is 0 Å². The fraction of sp³-hybridized carbons (Fsp3) is 0.333. The summed E-state index contributed by atoms with van der Waals surface area (Å²) in [4.78, 5) is 24.5. The Balaban J connectivity index is 2.32. The van der Waals surface area contributed by atoms with Crippen LogP contribution in [0.1, 0.15) is 24.2 Å². The Labute approximate surface area is 139 Å². The molecule has 0 saturated carbocycles. The Morgan fingerprint density at radius 2 is 1.79 bits per heavy atom. The van der Waals surface area contributed by atoms with Gasteiger partial charge in [0.25, 0.3) is 5.91 Å². The second kappa shape index (κ2) is 8.40. The number of fused-ring (bicyclic) bond motifs is 1. The van der Waals surface area contributed by atoms with Gasteiger partial charge in [0, 0.05) is 12.2 Å². The van der Waals surface area contributed by atoms with Crippen molar-refractivity contribution in [2.75, 3.05) is 19.8 Å². The summed E-state index contributed by atoms with van der Waals surface area (Å²) in [7, 11) is 0. The maximum atomic E-state index is 14.7. The maximum Gasteiger partial charge on any atom is 0.334 e. The van der Waals surface area contributed by atoms with Gasteiger partial charge in [0.2, 0.25) is 0 Å². The fourth-order valence-electron chi connectivity index (χ4n) is 2.36. The Kier molecular flexibility index (Phi) is 6.26. The molecule has 0 N–H and O–H groups in total. The minimum atomic E-state index is -1.43. The van der Waals surface area contributed by atoms with Crippen molar-refractivity contribution >= 4 is 22.6 Å². The Hall–Kier alpha value is -2.47. The van der Waals surface area contributed by atoms with E-state index in [1.165, 1.54) is 6.07 Å². The molecule has 2 aromatic rings. The van der Waals surface area contributed by atoms with Crippen LogP contribution < -0.4 is 0 Å². The summed E-state index contributed by atoms with van der Waals surface area (Å²) in [6, 6.07) is 10.8. The highest BCUT2D eigenvalue weighted by molar-refractivity contribution is 6.07. The van der Waals surface area contributed by atoms with Gasteiger partial charge in [-0.05, 0) is 30.7 Å². The van der Waals surface area contributed by atoms with Gasteiger partial charge in [0.1, 0.15) is 0 Å². The molecule has 0 aliphatic rings. The van der Waals surface area contributed by atoms with Crippen LogP contribution in [0.5, 0.6) is 0 Å². The Morgan fingerprint density at radius 1 is 1.08 bits per heavy atom. The molecule has 0 radical (unpaired) electrons. The maximum absolute atomic E-state index is 14.7. The van der Waals surface area contributed by atoms with E-state index in [2.05, 4.69) is 0 Å². The first kappa shape index (κ1) is 17.9. The number of benzene rings is 2. The quantitative estimate of drug-likeness (QED) is 0.577. The highest BCUT2D eigenvalue weighted by Gasteiger charge is 2.33. The van der Waals surface area contributed by atoms with Crippen LogP contribution in [0.4, 0.5) is 4.48 Å². The van der Waals surface area contributed by atoms with E-state index < -0.39 is 17.9 Å². The zero-order valence-corrected chi connectivity index (χ0v) is 13.7. The standard InChI is InChI=1S/C18H20FNO4/c1-3-23-12-16(18(22)24-4-2)20(19)17(21)15-11-7-9-13-8-5-6-10-14(13)15/h5-11,16H,3-4,12H2,1-2H3. The van der Waals surface area contributed by atoms with E-state index in [0.717, 1.165) is 5.39 Å². The third-order valence-corrected chi connectivity index (χ3v) is 3.53. The SMILES string of the molecule is CCOCC(C(=O)OCC)N(F)C(=O)c1cccc2ccccc12. The Morgan fingerprint density at radius 3 is 2.50 bits per heavy atom. The zero-order chi connectivity index (χ0) is 17.5. The lowest BCUT2D eigenvalue weighted by Gasteiger charge is -2.22. The largest absolute Gasteiger partial charge is 0.464 e. The number of hydrogen-bond acceptors (Lipinski definition) is 4. The molecule has 0 bridgehead atoms. The number of hydrogen-bond donors (Lipinski definition) is 0. The van der Waals surface area contributed by atoms with Crippen LogP contribution >= 0.6 is 0 Å². The minimum absolute atomic E-state index is 0.0950. The molecule has 5 nitrogen and oxygen atoms in total. The van der Waals surface area contributed by atoms with E-state index in [1.807, 2.05) is 18.2 Å². The minimum Gasteiger partial charge on any atom is -0.464 e. The number of halogens is 1. The van der Waals surface area contributed by atoms with Gasteiger partial charge >= 0.3 is 5.97 Å². The van der Waals surface area contributed by atoms with E-state index in [0.29, 0.717) is 12.0 Å². The van der Waals surface area contributed by atoms with E-state index in [9.17, 15) is 14.1 Å². The third kappa shape index (κ3) is 3.89. The van der Waals surface area contributed by atoms with E-state index >= 15 is 0 Å². The monoisotopic (exact) mass is 333 g/mol. The number of carbonyl (C=O) groups excluding carboxylic acids is 2. The van der Waals surface area contributed by atoms with Gasteiger partial charge in [0.15, 0.2) is 6.04 Å². The predicted octanol–water partition coefficient (Wildman–Crippen LogP) is 3.13. The molecule has 0 spiro atoms. The first-order chi connectivity index (χ1) is 11.6. The molecule has 0 saturated heterocycles. The van der Waals surface area contributed by atoms with Gasteiger partial charge in [0.05, 0.1) is 13.2 Å². The highest BCUT2D eigenvalue weighted by atomic mass is 19.2. The van der Waals surface area contributed by atoms with Crippen molar-refractivity contribution < 1.29 is 23.5 Å². The van der Waals surface area contributed by atoms with Crippen LogP contribution in [0.2, 0.25) is 0 Å². The molecule has 0 aromatic heterocycles. The highest BCUT2D eigenvalue weighted by Crippen LogP contribution is 2.21. The first-order valence-corrected chi connectivity index (χ1v) is 7.81. The van der Waals surface area contributed by atoms with Gasteiger partial charge < -0.3 is 9.47 Å². The summed E-state index contributed by atoms with van der Waals surface area (Å²) in [5.74, 6) is -1.73. The summed E-state index contributed by atoms with van der Waals surface area (Å²) in [5, 5.41) is 1.33. The molecular formula is C18H20FNO4. The second-order valence-electron chi connectivity index (χ2n) is 5.07. The molecule has 6 heteroatoms. The topological polar surface area (TPSA) is 55.8 Å². The molecule has 0 fully saturated rings. The van der Waals surface area contributed by atoms with Crippen LogP contribution in [0, 0.1) is 0 Å². The lowest BCUT2D eigenvalue weighted by Crippen LogP contribution is -2.44. The fourth-order valence-corrected chi connectivity index (χ4v) is 2.36. The summed E-state index contributed by atoms with van der Waals surface area (Å²) >= 11 is 0. The average molecular weight is 333 g/mol. The number of esters is 1. The molecule has 128 valence electrons. The molecule has 2 rings (SSSR count). The number of rotatable bonds is 7. The van der Waals surface area contributed by atoms with Crippen molar-refractivity contribution in [1.29, 1.82) is 0 Å². The number of carbonyl (C=O) groups is 2. The van der Waals surface area contributed by atoms with Gasteiger partial charge in [-0.25, -0.2) is 4.79 Å². The zero-order valence-electron chi connectivity index (χ0n) is 13.7. The lowest BCUT2D eigenvalue weighted by molar-refractivity contribution is -0.157. The molecular weight excluding hydrogens is 313 g/mol. The normalized spacial score (nSPS) is 12.0. The van der Waals surface area contributed by atoms with E-state index in [1.54, 1.807) is 32.0 Å². The predicted molar refractivity (Wildman–Crippen MR) is 88.1 cm³/mol. The first-order valence-electron chi connectivity index (χ1n) is 7.81. The van der Waals surface area contributed by atoms with E-state index in [4.69, 9.17) is 9.47 Å². The summed E-state index contributed by atoms with van der Waals surface area (Å²) in [5.41, 5.74) is 0.182. The van der Waals surface area contributed by atoms with Crippen LogP contribution in [0.3, 0.4) is 0 Å². The molecule has 0 heterocycles. The molecule has 1 amide bonds. The third-order valence-electron chi connectivity index (χ3n) is 3.53. The van der Waals surface area contributed by atoms with Crippen molar-refractivity contribution in [3.63, 3.8) is 0 Å². The lowest BCUT2D eigenvalue weighted by atomic mass is 10.0. The van der Waals surface area contributed by atoms with Gasteiger partial charge in [-0.15, -0.1) is 0 Å². The molecule has 0 aliphatic heterocycles. The number of amides is 1. The van der Waals surface area contributed by atoms with Crippen molar-refractivity contribution in [3.05, 3.63) is 48.0 Å².